The van der Waals surface area contributed by atoms with Crippen molar-refractivity contribution in [2.75, 3.05) is 0 Å². The van der Waals surface area contributed by atoms with Gasteiger partial charge in [-0.2, -0.15) is 0 Å². The van der Waals surface area contributed by atoms with E-state index in [1.54, 1.807) is 11.3 Å². The third-order valence-corrected chi connectivity index (χ3v) is 12.1. The van der Waals surface area contributed by atoms with Crippen LogP contribution in [0, 0.1) is 0 Å². The van der Waals surface area contributed by atoms with E-state index in [0.717, 1.165) is 38.4 Å². The summed E-state index contributed by atoms with van der Waals surface area (Å²) in [7, 11) is 0. The molecule has 0 bridgehead atoms. The van der Waals surface area contributed by atoms with E-state index in [1.807, 2.05) is 0 Å². The summed E-state index contributed by atoms with van der Waals surface area (Å²) in [5.74, 6) is 0.753. The second-order valence-electron chi connectivity index (χ2n) is 13.6. The fourth-order valence-electron chi connectivity index (χ4n) is 8.66. The lowest BCUT2D eigenvalue weighted by atomic mass is 9.68. The molecule has 8 aromatic rings. The highest BCUT2D eigenvalue weighted by Gasteiger charge is 2.44. The summed E-state index contributed by atoms with van der Waals surface area (Å²) in [6, 6.07) is 53.1. The molecule has 1 fully saturated rings. The van der Waals surface area contributed by atoms with Gasteiger partial charge in [-0.1, -0.05) is 147 Å². The average Bonchev–Trinajstić information content (AvgIpc) is 3.69. The third-order valence-electron chi connectivity index (χ3n) is 10.9. The molecule has 1 saturated carbocycles. The van der Waals surface area contributed by atoms with Crippen LogP contribution in [0.1, 0.15) is 43.2 Å². The van der Waals surface area contributed by atoms with Crippen LogP contribution < -0.4 is 0 Å². The Hall–Kier alpha value is -5.38. The van der Waals surface area contributed by atoms with Crippen LogP contribution in [-0.4, -0.2) is 9.97 Å². The Morgan fingerprint density at radius 2 is 1.12 bits per heavy atom. The molecule has 0 atom stereocenters. The molecule has 2 aliphatic rings. The number of hydrogen-bond donors (Lipinski definition) is 0. The van der Waals surface area contributed by atoms with Crippen molar-refractivity contribution in [2.24, 2.45) is 0 Å². The summed E-state index contributed by atoms with van der Waals surface area (Å²) in [5.41, 5.74) is 15.2. The van der Waals surface area contributed by atoms with E-state index in [9.17, 15) is 0 Å². The second-order valence-corrected chi connectivity index (χ2v) is 14.7. The summed E-state index contributed by atoms with van der Waals surface area (Å²) in [5, 5.41) is 1.18. The highest BCUT2D eigenvalue weighted by atomic mass is 32.1. The molecule has 0 saturated heterocycles. The Morgan fingerprint density at radius 3 is 1.98 bits per heavy atom. The minimum atomic E-state index is 0.152. The molecule has 0 unspecified atom stereocenters. The van der Waals surface area contributed by atoms with Gasteiger partial charge in [0.05, 0.1) is 15.9 Å². The maximum absolute atomic E-state index is 5.24. The Kier molecular flexibility index (Phi) is 6.63. The van der Waals surface area contributed by atoms with Crippen LogP contribution in [0.2, 0.25) is 0 Å². The van der Waals surface area contributed by atoms with E-state index in [1.165, 1.54) is 81.1 Å². The van der Waals surface area contributed by atoms with Crippen LogP contribution in [-0.2, 0) is 5.41 Å². The standard InChI is InChI=1S/C46H34N2S/c1-3-14-30(15-4-1)42-44-43(37-21-6-8-25-40(37)49-44)48-45(47-42)34-19-12-17-32(29-34)31-16-11-18-33(28-31)35-22-13-24-39-41(35)36-20-5-7-23-38(36)46(39)26-9-2-10-27-46/h1,3-8,11-25,28-29H,2,9-10,26-27H2. The monoisotopic (exact) mass is 646 g/mol. The number of benzene rings is 6. The Bertz CT molecular complexity index is 2540. The van der Waals surface area contributed by atoms with Gasteiger partial charge in [-0.05, 0) is 75.5 Å². The Labute approximate surface area is 290 Å². The zero-order valence-corrected chi connectivity index (χ0v) is 28.0. The van der Waals surface area contributed by atoms with E-state index >= 15 is 0 Å². The van der Waals surface area contributed by atoms with E-state index in [-0.39, 0.29) is 5.41 Å². The molecule has 2 heterocycles. The molecule has 10 rings (SSSR count). The van der Waals surface area contributed by atoms with Gasteiger partial charge in [-0.15, -0.1) is 11.3 Å². The van der Waals surface area contributed by atoms with Crippen molar-refractivity contribution in [3.8, 4) is 56.0 Å². The van der Waals surface area contributed by atoms with Crippen LogP contribution in [0.3, 0.4) is 0 Å². The van der Waals surface area contributed by atoms with Crippen LogP contribution >= 0.6 is 11.3 Å². The summed E-state index contributed by atoms with van der Waals surface area (Å²) in [6.07, 6.45) is 6.44. The van der Waals surface area contributed by atoms with Gasteiger partial charge in [0.2, 0.25) is 0 Å². The first kappa shape index (κ1) is 28.6. The topological polar surface area (TPSA) is 25.8 Å². The summed E-state index contributed by atoms with van der Waals surface area (Å²) in [4.78, 5) is 10.5. The minimum Gasteiger partial charge on any atom is -0.226 e. The maximum atomic E-state index is 5.24. The fraction of sp³-hybridized carbons (Fsp3) is 0.130. The van der Waals surface area contributed by atoms with E-state index in [2.05, 4.69) is 146 Å². The largest absolute Gasteiger partial charge is 0.226 e. The van der Waals surface area contributed by atoms with Crippen LogP contribution in [0.5, 0.6) is 0 Å². The first-order valence-corrected chi connectivity index (χ1v) is 18.3. The van der Waals surface area contributed by atoms with E-state index < -0.39 is 0 Å². The Morgan fingerprint density at radius 1 is 0.490 bits per heavy atom. The lowest BCUT2D eigenvalue weighted by Crippen LogP contribution is -2.27. The number of nitrogens with zero attached hydrogens (tertiary/aromatic N) is 2. The number of fused-ring (bicyclic) bond motifs is 8. The van der Waals surface area contributed by atoms with Gasteiger partial charge >= 0.3 is 0 Å². The zero-order chi connectivity index (χ0) is 32.4. The van der Waals surface area contributed by atoms with Crippen molar-refractivity contribution in [3.05, 3.63) is 157 Å². The van der Waals surface area contributed by atoms with E-state index in [0.29, 0.717) is 0 Å². The molecule has 49 heavy (non-hydrogen) atoms. The number of rotatable bonds is 4. The van der Waals surface area contributed by atoms with Crippen molar-refractivity contribution in [3.63, 3.8) is 0 Å². The number of thiophene rings is 1. The lowest BCUT2D eigenvalue weighted by molar-refractivity contribution is 0.353. The van der Waals surface area contributed by atoms with Gasteiger partial charge in [0.1, 0.15) is 0 Å². The Balaban J connectivity index is 1.09. The third kappa shape index (κ3) is 4.53. The fourth-order valence-corrected chi connectivity index (χ4v) is 9.81. The van der Waals surface area contributed by atoms with Crippen molar-refractivity contribution in [2.45, 2.75) is 37.5 Å². The summed E-state index contributed by atoms with van der Waals surface area (Å²) in [6.45, 7) is 0. The SMILES string of the molecule is c1ccc(-c2nc(-c3cccc(-c4cccc(-c5cccc6c5-c5ccccc5C65CCCCC5)c4)c3)nc3c2sc2ccccc23)cc1. The molecular weight excluding hydrogens is 613 g/mol. The molecule has 2 aromatic heterocycles. The molecule has 6 aromatic carbocycles. The van der Waals surface area contributed by atoms with Crippen molar-refractivity contribution < 1.29 is 0 Å². The van der Waals surface area contributed by atoms with Gasteiger partial charge < -0.3 is 0 Å². The maximum Gasteiger partial charge on any atom is 0.160 e. The zero-order valence-electron chi connectivity index (χ0n) is 27.2. The predicted molar refractivity (Wildman–Crippen MR) is 206 cm³/mol. The lowest BCUT2D eigenvalue weighted by Gasteiger charge is -2.36. The average molecular weight is 647 g/mol. The highest BCUT2D eigenvalue weighted by Crippen LogP contribution is 2.57. The van der Waals surface area contributed by atoms with Crippen molar-refractivity contribution in [1.29, 1.82) is 0 Å². The summed E-state index contributed by atoms with van der Waals surface area (Å²) < 4.78 is 2.36. The summed E-state index contributed by atoms with van der Waals surface area (Å²) >= 11 is 1.77. The van der Waals surface area contributed by atoms with Crippen molar-refractivity contribution >= 4 is 31.6 Å². The van der Waals surface area contributed by atoms with Gasteiger partial charge in [-0.3, -0.25) is 0 Å². The normalized spacial score (nSPS) is 14.7. The minimum absolute atomic E-state index is 0.152. The van der Waals surface area contributed by atoms with Crippen LogP contribution in [0.15, 0.2) is 146 Å². The van der Waals surface area contributed by atoms with E-state index in [4.69, 9.17) is 9.97 Å². The van der Waals surface area contributed by atoms with Gasteiger partial charge in [0, 0.05) is 26.6 Å². The highest BCUT2D eigenvalue weighted by molar-refractivity contribution is 7.26. The quantitative estimate of drug-likeness (QED) is 0.190. The number of aromatic nitrogens is 2. The van der Waals surface area contributed by atoms with Crippen LogP contribution in [0.4, 0.5) is 0 Å². The second kappa shape index (κ2) is 11.4. The van der Waals surface area contributed by atoms with Crippen LogP contribution in [0.25, 0.3) is 76.3 Å². The van der Waals surface area contributed by atoms with Gasteiger partial charge in [-0.25, -0.2) is 9.97 Å². The predicted octanol–water partition coefficient (Wildman–Crippen LogP) is 12.7. The molecule has 1 spiro atoms. The smallest absolute Gasteiger partial charge is 0.160 e. The van der Waals surface area contributed by atoms with Gasteiger partial charge in [0.25, 0.3) is 0 Å². The first-order valence-electron chi connectivity index (χ1n) is 17.5. The first-order chi connectivity index (χ1) is 24.3. The molecule has 2 nitrogen and oxygen atoms in total. The molecule has 3 heteroatoms. The molecule has 0 amide bonds. The van der Waals surface area contributed by atoms with Crippen molar-refractivity contribution in [1.82, 2.24) is 9.97 Å². The molecular formula is C46H34N2S. The number of hydrogen-bond acceptors (Lipinski definition) is 3. The molecule has 0 aliphatic heterocycles. The molecule has 0 N–H and O–H groups in total. The van der Waals surface area contributed by atoms with Gasteiger partial charge in [0.15, 0.2) is 5.82 Å². The molecule has 0 radical (unpaired) electrons. The molecule has 2 aliphatic carbocycles. The molecule has 234 valence electrons.